The summed E-state index contributed by atoms with van der Waals surface area (Å²) in [5, 5.41) is 9.26. The van der Waals surface area contributed by atoms with Gasteiger partial charge < -0.3 is 10.0 Å². The number of benzene rings is 1. The minimum Gasteiger partial charge on any atom is -0.478 e. The first-order valence-corrected chi connectivity index (χ1v) is 6.52. The van der Waals surface area contributed by atoms with Gasteiger partial charge in [-0.05, 0) is 48.7 Å². The molecule has 1 N–H and O–H groups in total. The third-order valence-corrected chi connectivity index (χ3v) is 3.28. The fraction of sp³-hybridized carbons (Fsp3) is 0.250. The van der Waals surface area contributed by atoms with Crippen LogP contribution < -0.4 is 4.90 Å². The van der Waals surface area contributed by atoms with E-state index in [1.54, 1.807) is 18.5 Å². The van der Waals surface area contributed by atoms with E-state index in [1.807, 2.05) is 43.1 Å². The van der Waals surface area contributed by atoms with Gasteiger partial charge in [0, 0.05) is 26.0 Å². The molecule has 0 amide bonds. The van der Waals surface area contributed by atoms with E-state index < -0.39 is 5.97 Å². The quantitative estimate of drug-likeness (QED) is 0.907. The highest BCUT2D eigenvalue weighted by Crippen LogP contribution is 2.21. The summed E-state index contributed by atoms with van der Waals surface area (Å²) in [4.78, 5) is 17.2. The Balaban J connectivity index is 2.14. The monoisotopic (exact) mass is 270 g/mol. The Hall–Kier alpha value is -2.36. The molecule has 2 aromatic rings. The third kappa shape index (κ3) is 3.35. The Morgan fingerprint density at radius 3 is 2.60 bits per heavy atom. The van der Waals surface area contributed by atoms with Crippen molar-refractivity contribution in [1.82, 2.24) is 4.98 Å². The molecule has 0 bridgehead atoms. The number of nitrogens with zero attached hydrogens (tertiary/aromatic N) is 2. The fourth-order valence-corrected chi connectivity index (χ4v) is 2.11. The normalized spacial score (nSPS) is 10.3. The summed E-state index contributed by atoms with van der Waals surface area (Å²) in [6.45, 7) is 2.72. The molecular formula is C16H18N2O2. The summed E-state index contributed by atoms with van der Waals surface area (Å²) in [5.74, 6) is -0.893. The predicted molar refractivity (Wildman–Crippen MR) is 79.3 cm³/mol. The van der Waals surface area contributed by atoms with Gasteiger partial charge in [-0.15, -0.1) is 0 Å². The Kier molecular flexibility index (Phi) is 4.35. The van der Waals surface area contributed by atoms with Gasteiger partial charge >= 0.3 is 5.97 Å². The highest BCUT2D eigenvalue weighted by molar-refractivity contribution is 5.94. The zero-order valence-corrected chi connectivity index (χ0v) is 11.7. The lowest BCUT2D eigenvalue weighted by Gasteiger charge is -2.21. The summed E-state index contributed by atoms with van der Waals surface area (Å²) in [6.07, 6.45) is 4.39. The summed E-state index contributed by atoms with van der Waals surface area (Å²) in [7, 11) is 1.92. The van der Waals surface area contributed by atoms with E-state index >= 15 is 0 Å². The highest BCUT2D eigenvalue weighted by atomic mass is 16.4. The first-order valence-electron chi connectivity index (χ1n) is 6.52. The molecule has 1 heterocycles. The molecule has 4 heteroatoms. The molecule has 2 rings (SSSR count). The largest absolute Gasteiger partial charge is 0.478 e. The van der Waals surface area contributed by atoms with Gasteiger partial charge in [0.25, 0.3) is 0 Å². The Morgan fingerprint density at radius 2 is 1.95 bits per heavy atom. The van der Waals surface area contributed by atoms with Crippen molar-refractivity contribution in [2.75, 3.05) is 18.5 Å². The van der Waals surface area contributed by atoms with Crippen LogP contribution in [0.1, 0.15) is 21.5 Å². The minimum absolute atomic E-state index is 0.341. The number of aromatic carboxylic acids is 1. The first kappa shape index (κ1) is 14.1. The summed E-state index contributed by atoms with van der Waals surface area (Å²) < 4.78 is 0. The van der Waals surface area contributed by atoms with Crippen LogP contribution in [0.25, 0.3) is 0 Å². The molecule has 0 aliphatic heterocycles. The molecular weight excluding hydrogens is 252 g/mol. The van der Waals surface area contributed by atoms with Crippen molar-refractivity contribution in [3.8, 4) is 0 Å². The van der Waals surface area contributed by atoms with Crippen LogP contribution in [0.5, 0.6) is 0 Å². The van der Waals surface area contributed by atoms with Gasteiger partial charge in [0.05, 0.1) is 11.3 Å². The van der Waals surface area contributed by atoms with Crippen molar-refractivity contribution in [3.05, 3.63) is 59.4 Å². The molecule has 0 fully saturated rings. The number of pyridine rings is 1. The molecule has 1 aromatic carbocycles. The van der Waals surface area contributed by atoms with Gasteiger partial charge in [-0.1, -0.05) is 6.07 Å². The average molecular weight is 270 g/mol. The molecule has 104 valence electrons. The Morgan fingerprint density at radius 1 is 1.25 bits per heavy atom. The van der Waals surface area contributed by atoms with E-state index in [0.29, 0.717) is 5.56 Å². The average Bonchev–Trinajstić information content (AvgIpc) is 2.45. The second-order valence-corrected chi connectivity index (χ2v) is 4.85. The zero-order chi connectivity index (χ0) is 14.5. The van der Waals surface area contributed by atoms with Crippen LogP contribution in [0.4, 0.5) is 5.69 Å². The summed E-state index contributed by atoms with van der Waals surface area (Å²) >= 11 is 0. The predicted octanol–water partition coefficient (Wildman–Crippen LogP) is 2.77. The van der Waals surface area contributed by atoms with Crippen LogP contribution in [-0.2, 0) is 6.42 Å². The van der Waals surface area contributed by atoms with Crippen molar-refractivity contribution < 1.29 is 9.90 Å². The molecule has 0 saturated carbocycles. The second kappa shape index (κ2) is 6.19. The zero-order valence-electron chi connectivity index (χ0n) is 11.7. The number of carboxylic acid groups (broad SMARTS) is 1. The van der Waals surface area contributed by atoms with Gasteiger partial charge in [-0.3, -0.25) is 4.98 Å². The number of carbonyl (C=O) groups is 1. The lowest BCUT2D eigenvalue weighted by atomic mass is 10.1. The number of hydrogen-bond donors (Lipinski definition) is 1. The minimum atomic E-state index is -0.893. The van der Waals surface area contributed by atoms with Crippen LogP contribution in [-0.4, -0.2) is 29.7 Å². The van der Waals surface area contributed by atoms with Crippen LogP contribution in [0.15, 0.2) is 42.7 Å². The molecule has 0 unspecified atom stereocenters. The maximum Gasteiger partial charge on any atom is 0.337 e. The smallest absolute Gasteiger partial charge is 0.337 e. The summed E-state index contributed by atoms with van der Waals surface area (Å²) in [5.41, 5.74) is 3.34. The van der Waals surface area contributed by atoms with E-state index in [-0.39, 0.29) is 0 Å². The van der Waals surface area contributed by atoms with E-state index in [4.69, 9.17) is 0 Å². The van der Waals surface area contributed by atoms with E-state index in [0.717, 1.165) is 24.2 Å². The van der Waals surface area contributed by atoms with E-state index in [2.05, 4.69) is 4.98 Å². The topological polar surface area (TPSA) is 53.4 Å². The number of hydrogen-bond acceptors (Lipinski definition) is 3. The number of likely N-dealkylation sites (N-methyl/N-ethyl adjacent to an activating group) is 1. The SMILES string of the molecule is Cc1ccc(C(=O)O)c(N(C)CCc2ccncc2)c1. The first-order chi connectivity index (χ1) is 9.58. The van der Waals surface area contributed by atoms with Gasteiger partial charge in [-0.25, -0.2) is 4.79 Å². The molecule has 0 radical (unpaired) electrons. The fourth-order valence-electron chi connectivity index (χ4n) is 2.11. The van der Waals surface area contributed by atoms with Gasteiger partial charge in [0.2, 0.25) is 0 Å². The molecule has 0 aliphatic carbocycles. The van der Waals surface area contributed by atoms with E-state index in [1.165, 1.54) is 5.56 Å². The lowest BCUT2D eigenvalue weighted by Crippen LogP contribution is -2.22. The Bertz CT molecular complexity index is 597. The molecule has 0 aliphatic rings. The third-order valence-electron chi connectivity index (χ3n) is 3.28. The van der Waals surface area contributed by atoms with Gasteiger partial charge in [0.1, 0.15) is 0 Å². The number of carboxylic acids is 1. The maximum atomic E-state index is 11.3. The second-order valence-electron chi connectivity index (χ2n) is 4.85. The number of aromatic nitrogens is 1. The van der Waals surface area contributed by atoms with Crippen molar-refractivity contribution in [1.29, 1.82) is 0 Å². The summed E-state index contributed by atoms with van der Waals surface area (Å²) in [6, 6.07) is 9.35. The molecule has 20 heavy (non-hydrogen) atoms. The van der Waals surface area contributed by atoms with Crippen LogP contribution in [0, 0.1) is 6.92 Å². The van der Waals surface area contributed by atoms with Crippen molar-refractivity contribution in [2.24, 2.45) is 0 Å². The molecule has 0 saturated heterocycles. The molecule has 4 nitrogen and oxygen atoms in total. The highest BCUT2D eigenvalue weighted by Gasteiger charge is 2.13. The molecule has 0 atom stereocenters. The van der Waals surface area contributed by atoms with Crippen molar-refractivity contribution >= 4 is 11.7 Å². The van der Waals surface area contributed by atoms with Gasteiger partial charge in [0.15, 0.2) is 0 Å². The number of aryl methyl sites for hydroxylation is 1. The standard InChI is InChI=1S/C16H18N2O2/c1-12-3-4-14(16(19)20)15(11-12)18(2)10-7-13-5-8-17-9-6-13/h3-6,8-9,11H,7,10H2,1-2H3,(H,19,20). The number of anilines is 1. The van der Waals surface area contributed by atoms with Crippen molar-refractivity contribution in [2.45, 2.75) is 13.3 Å². The Labute approximate surface area is 118 Å². The van der Waals surface area contributed by atoms with Crippen LogP contribution in [0.2, 0.25) is 0 Å². The van der Waals surface area contributed by atoms with Gasteiger partial charge in [-0.2, -0.15) is 0 Å². The molecule has 0 spiro atoms. The van der Waals surface area contributed by atoms with E-state index in [9.17, 15) is 9.90 Å². The molecule has 1 aromatic heterocycles. The van der Waals surface area contributed by atoms with Crippen LogP contribution in [0.3, 0.4) is 0 Å². The van der Waals surface area contributed by atoms with Crippen LogP contribution >= 0.6 is 0 Å². The lowest BCUT2D eigenvalue weighted by molar-refractivity contribution is 0.0697. The van der Waals surface area contributed by atoms with Crippen molar-refractivity contribution in [3.63, 3.8) is 0 Å². The number of rotatable bonds is 5. The maximum absolute atomic E-state index is 11.3.